The first-order valence-corrected chi connectivity index (χ1v) is 7.52. The van der Waals surface area contributed by atoms with Crippen LogP contribution in [0.3, 0.4) is 0 Å². The average molecular weight is 325 g/mol. The van der Waals surface area contributed by atoms with Gasteiger partial charge in [0.2, 0.25) is 0 Å². The second-order valence-corrected chi connectivity index (χ2v) is 6.22. The number of hydrogen-bond acceptors (Lipinski definition) is 5. The molecule has 2 aromatic carbocycles. The molecule has 0 atom stereocenters. The van der Waals surface area contributed by atoms with Crippen molar-refractivity contribution in [1.82, 2.24) is 0 Å². The quantitative estimate of drug-likeness (QED) is 0.509. The van der Waals surface area contributed by atoms with Crippen LogP contribution in [0.4, 0.5) is 21.5 Å². The van der Waals surface area contributed by atoms with E-state index < -0.39 is 31.3 Å². The second kappa shape index (κ2) is 5.60. The molecule has 0 aliphatic rings. The zero-order valence-electron chi connectivity index (χ0n) is 11.4. The number of benzene rings is 2. The molecule has 0 radical (unpaired) electrons. The van der Waals surface area contributed by atoms with Crippen LogP contribution in [0.15, 0.2) is 41.3 Å². The van der Waals surface area contributed by atoms with Crippen LogP contribution in [0, 0.1) is 22.9 Å². The van der Waals surface area contributed by atoms with Crippen molar-refractivity contribution in [3.63, 3.8) is 0 Å². The molecule has 0 spiro atoms. The lowest BCUT2D eigenvalue weighted by Crippen LogP contribution is -2.15. The number of anilines is 2. The Hall–Kier alpha value is -2.68. The summed E-state index contributed by atoms with van der Waals surface area (Å²) >= 11 is 0. The number of nitrogens with two attached hydrogens (primary N) is 1. The minimum absolute atomic E-state index is 0.0817. The van der Waals surface area contributed by atoms with E-state index in [4.69, 9.17) is 5.73 Å². The number of nitrogens with one attached hydrogen (secondary N) is 1. The van der Waals surface area contributed by atoms with Gasteiger partial charge in [-0.25, -0.2) is 12.8 Å². The van der Waals surface area contributed by atoms with Gasteiger partial charge >= 0.3 is 0 Å². The Morgan fingerprint density at radius 1 is 1.23 bits per heavy atom. The van der Waals surface area contributed by atoms with Gasteiger partial charge in [-0.15, -0.1) is 0 Å². The number of hydrogen-bond donors (Lipinski definition) is 2. The van der Waals surface area contributed by atoms with Crippen molar-refractivity contribution in [2.75, 3.05) is 10.5 Å². The van der Waals surface area contributed by atoms with Crippen LogP contribution in [0.25, 0.3) is 0 Å². The molecule has 9 heteroatoms. The zero-order chi connectivity index (χ0) is 16.5. The normalized spacial score (nSPS) is 11.2. The van der Waals surface area contributed by atoms with Gasteiger partial charge in [-0.3, -0.25) is 14.8 Å². The van der Waals surface area contributed by atoms with E-state index >= 15 is 0 Å². The molecule has 0 aliphatic carbocycles. The largest absolute Gasteiger partial charge is 0.393 e. The van der Waals surface area contributed by atoms with Crippen LogP contribution in [0.5, 0.6) is 0 Å². The molecule has 0 fully saturated rings. The molecule has 0 aromatic heterocycles. The first-order valence-electron chi connectivity index (χ1n) is 6.03. The van der Waals surface area contributed by atoms with Crippen molar-refractivity contribution in [2.45, 2.75) is 11.8 Å². The van der Waals surface area contributed by atoms with E-state index in [2.05, 4.69) is 4.72 Å². The van der Waals surface area contributed by atoms with Crippen molar-refractivity contribution in [3.8, 4) is 0 Å². The molecule has 0 amide bonds. The summed E-state index contributed by atoms with van der Waals surface area (Å²) < 4.78 is 40.2. The van der Waals surface area contributed by atoms with E-state index in [0.717, 1.165) is 12.1 Å². The highest BCUT2D eigenvalue weighted by atomic mass is 32.2. The van der Waals surface area contributed by atoms with Crippen LogP contribution in [0.1, 0.15) is 5.56 Å². The van der Waals surface area contributed by atoms with Crippen LogP contribution >= 0.6 is 0 Å². The Morgan fingerprint density at radius 3 is 2.55 bits per heavy atom. The van der Waals surface area contributed by atoms with Gasteiger partial charge in [0.15, 0.2) is 0 Å². The summed E-state index contributed by atoms with van der Waals surface area (Å²) in [5.41, 5.74) is 5.37. The third kappa shape index (κ3) is 3.14. The number of nitrogen functional groups attached to an aromatic ring is 1. The minimum Gasteiger partial charge on any atom is -0.393 e. The Balaban J connectivity index is 2.43. The Labute approximate surface area is 125 Å². The summed E-state index contributed by atoms with van der Waals surface area (Å²) in [6.07, 6.45) is 0. The second-order valence-electron chi connectivity index (χ2n) is 4.57. The smallest absolute Gasteiger partial charge is 0.294 e. The third-order valence-corrected chi connectivity index (χ3v) is 4.25. The van der Waals surface area contributed by atoms with E-state index in [1.54, 1.807) is 6.92 Å². The summed E-state index contributed by atoms with van der Waals surface area (Å²) in [5, 5.41) is 10.8. The van der Waals surface area contributed by atoms with Crippen molar-refractivity contribution in [1.29, 1.82) is 0 Å². The van der Waals surface area contributed by atoms with Gasteiger partial charge in [0, 0.05) is 6.07 Å². The molecule has 0 unspecified atom stereocenters. The number of aryl methyl sites for hydroxylation is 1. The van der Waals surface area contributed by atoms with E-state index in [-0.39, 0.29) is 11.4 Å². The van der Waals surface area contributed by atoms with E-state index in [1.807, 2.05) is 0 Å². The molecule has 2 rings (SSSR count). The molecule has 0 bridgehead atoms. The standard InChI is InChI=1S/C13H12FN3O4S/c1-8-2-4-10(14)13(6-8)22(20,21)16-9-3-5-11(15)12(7-9)17(18)19/h2-7,16H,15H2,1H3. The van der Waals surface area contributed by atoms with Crippen molar-refractivity contribution in [3.05, 3.63) is 57.9 Å². The molecule has 0 saturated heterocycles. The molecule has 0 aliphatic heterocycles. The topological polar surface area (TPSA) is 115 Å². The maximum absolute atomic E-state index is 13.7. The maximum Gasteiger partial charge on any atom is 0.294 e. The highest BCUT2D eigenvalue weighted by Crippen LogP contribution is 2.27. The highest BCUT2D eigenvalue weighted by molar-refractivity contribution is 7.92. The molecular weight excluding hydrogens is 313 g/mol. The summed E-state index contributed by atoms with van der Waals surface area (Å²) in [6.45, 7) is 1.62. The van der Waals surface area contributed by atoms with Crippen molar-refractivity contribution >= 4 is 27.1 Å². The van der Waals surface area contributed by atoms with Gasteiger partial charge in [0.1, 0.15) is 16.4 Å². The predicted octanol–water partition coefficient (Wildman–Crippen LogP) is 2.43. The Morgan fingerprint density at radius 2 is 1.91 bits per heavy atom. The molecule has 22 heavy (non-hydrogen) atoms. The number of nitro groups is 1. The van der Waals surface area contributed by atoms with Crippen LogP contribution < -0.4 is 10.5 Å². The lowest BCUT2D eigenvalue weighted by Gasteiger charge is -2.10. The summed E-state index contributed by atoms with van der Waals surface area (Å²) in [5.74, 6) is -0.914. The number of nitrogens with zero attached hydrogens (tertiary/aromatic N) is 1. The van der Waals surface area contributed by atoms with Crippen LogP contribution in [-0.2, 0) is 10.0 Å². The number of sulfonamides is 1. The fraction of sp³-hybridized carbons (Fsp3) is 0.0769. The van der Waals surface area contributed by atoms with Crippen LogP contribution in [-0.4, -0.2) is 13.3 Å². The van der Waals surface area contributed by atoms with Gasteiger partial charge in [-0.05, 0) is 36.8 Å². The zero-order valence-corrected chi connectivity index (χ0v) is 12.2. The molecule has 0 heterocycles. The third-order valence-electron chi connectivity index (χ3n) is 2.86. The van der Waals surface area contributed by atoms with Crippen molar-refractivity contribution in [2.24, 2.45) is 0 Å². The van der Waals surface area contributed by atoms with Gasteiger partial charge in [-0.1, -0.05) is 6.07 Å². The molecule has 7 nitrogen and oxygen atoms in total. The van der Waals surface area contributed by atoms with E-state index in [9.17, 15) is 22.9 Å². The number of nitro benzene ring substituents is 1. The first-order chi connectivity index (χ1) is 10.2. The van der Waals surface area contributed by atoms with Gasteiger partial charge < -0.3 is 5.73 Å². The molecule has 2 aromatic rings. The van der Waals surface area contributed by atoms with Gasteiger partial charge in [0.25, 0.3) is 15.7 Å². The van der Waals surface area contributed by atoms with Crippen molar-refractivity contribution < 1.29 is 17.7 Å². The minimum atomic E-state index is -4.21. The van der Waals surface area contributed by atoms with Gasteiger partial charge in [-0.2, -0.15) is 0 Å². The molecule has 3 N–H and O–H groups in total. The number of rotatable bonds is 4. The Bertz CT molecular complexity index is 852. The molecule has 0 saturated carbocycles. The number of halogens is 1. The summed E-state index contributed by atoms with van der Waals surface area (Å²) in [6, 6.07) is 7.07. The summed E-state index contributed by atoms with van der Waals surface area (Å²) in [4.78, 5) is 9.53. The Kier molecular flexibility index (Phi) is 4.00. The summed E-state index contributed by atoms with van der Waals surface area (Å²) in [7, 11) is -4.21. The van der Waals surface area contributed by atoms with Crippen LogP contribution in [0.2, 0.25) is 0 Å². The average Bonchev–Trinajstić information content (AvgIpc) is 2.43. The molecular formula is C13H12FN3O4S. The van der Waals surface area contributed by atoms with E-state index in [1.165, 1.54) is 24.3 Å². The fourth-order valence-electron chi connectivity index (χ4n) is 1.79. The SMILES string of the molecule is Cc1ccc(F)c(S(=O)(=O)Nc2ccc(N)c([N+](=O)[O-])c2)c1. The lowest BCUT2D eigenvalue weighted by atomic mass is 10.2. The van der Waals surface area contributed by atoms with E-state index in [0.29, 0.717) is 5.56 Å². The van der Waals surface area contributed by atoms with Gasteiger partial charge in [0.05, 0.1) is 10.6 Å². The molecule has 116 valence electrons. The first kappa shape index (κ1) is 15.7. The predicted molar refractivity (Wildman–Crippen MR) is 79.5 cm³/mol. The lowest BCUT2D eigenvalue weighted by molar-refractivity contribution is -0.383. The highest BCUT2D eigenvalue weighted by Gasteiger charge is 2.21. The maximum atomic E-state index is 13.7. The fourth-order valence-corrected chi connectivity index (χ4v) is 3.00. The monoisotopic (exact) mass is 325 g/mol.